The lowest BCUT2D eigenvalue weighted by Gasteiger charge is -2.08. The molecule has 68 valence electrons. The third-order valence-electron chi connectivity index (χ3n) is 2.43. The van der Waals surface area contributed by atoms with Gasteiger partial charge in [-0.1, -0.05) is 24.3 Å². The highest BCUT2D eigenvalue weighted by Gasteiger charge is 2.10. The monoisotopic (exact) mass is 174 g/mol. The van der Waals surface area contributed by atoms with Gasteiger partial charge in [0.2, 0.25) is 0 Å². The SMILES string of the molecule is [NH-]c1ccccc1C[N+]1=CCCC1. The lowest BCUT2D eigenvalue weighted by atomic mass is 10.2. The van der Waals surface area contributed by atoms with E-state index in [-0.39, 0.29) is 0 Å². The summed E-state index contributed by atoms with van der Waals surface area (Å²) in [6.45, 7) is 2.05. The average molecular weight is 174 g/mol. The molecule has 1 aromatic carbocycles. The maximum absolute atomic E-state index is 7.69. The molecule has 2 nitrogen and oxygen atoms in total. The summed E-state index contributed by atoms with van der Waals surface area (Å²) in [5, 5.41) is 0. The molecule has 13 heavy (non-hydrogen) atoms. The highest BCUT2D eigenvalue weighted by molar-refractivity contribution is 5.53. The van der Waals surface area contributed by atoms with Crippen LogP contribution in [0.2, 0.25) is 0 Å². The van der Waals surface area contributed by atoms with Crippen LogP contribution in [0.1, 0.15) is 18.4 Å². The van der Waals surface area contributed by atoms with E-state index in [1.54, 1.807) is 0 Å². The van der Waals surface area contributed by atoms with Crippen molar-refractivity contribution in [3.63, 3.8) is 0 Å². The first-order chi connectivity index (χ1) is 6.36. The molecule has 2 rings (SSSR count). The Labute approximate surface area is 78.7 Å². The average Bonchev–Trinajstić information content (AvgIpc) is 2.61. The van der Waals surface area contributed by atoms with E-state index < -0.39 is 0 Å². The molecule has 1 heterocycles. The second kappa shape index (κ2) is 3.60. The molecule has 0 fully saturated rings. The van der Waals surface area contributed by atoms with E-state index >= 15 is 0 Å². The molecule has 0 saturated carbocycles. The summed E-state index contributed by atoms with van der Waals surface area (Å²) < 4.78 is 2.30. The van der Waals surface area contributed by atoms with E-state index in [0.29, 0.717) is 5.69 Å². The summed E-state index contributed by atoms with van der Waals surface area (Å²) in [4.78, 5) is 0. The molecule has 0 unspecified atom stereocenters. The number of rotatable bonds is 2. The fourth-order valence-corrected chi connectivity index (χ4v) is 1.68. The molecule has 1 aliphatic heterocycles. The molecule has 0 spiro atoms. The van der Waals surface area contributed by atoms with Crippen LogP contribution in [0.25, 0.3) is 5.73 Å². The molecule has 0 aromatic heterocycles. The van der Waals surface area contributed by atoms with Gasteiger partial charge in [-0.15, -0.1) is 5.69 Å². The van der Waals surface area contributed by atoms with Crippen molar-refractivity contribution in [2.45, 2.75) is 19.4 Å². The third-order valence-corrected chi connectivity index (χ3v) is 2.43. The van der Waals surface area contributed by atoms with Gasteiger partial charge in [0.05, 0.1) is 0 Å². The van der Waals surface area contributed by atoms with E-state index in [1.165, 1.54) is 12.8 Å². The number of nitrogens with zero attached hydrogens (tertiary/aromatic N) is 1. The van der Waals surface area contributed by atoms with Crippen molar-refractivity contribution in [1.29, 1.82) is 0 Å². The van der Waals surface area contributed by atoms with Gasteiger partial charge in [-0.05, 0) is 0 Å². The Morgan fingerprint density at radius 3 is 2.85 bits per heavy atom. The second-order valence-electron chi connectivity index (χ2n) is 3.45. The molecule has 0 aliphatic carbocycles. The Morgan fingerprint density at radius 1 is 1.31 bits per heavy atom. The minimum atomic E-state index is 0.655. The van der Waals surface area contributed by atoms with Crippen LogP contribution in [0, 0.1) is 0 Å². The van der Waals surface area contributed by atoms with Gasteiger partial charge in [0.25, 0.3) is 0 Å². The first-order valence-corrected chi connectivity index (χ1v) is 4.73. The summed E-state index contributed by atoms with van der Waals surface area (Å²) in [7, 11) is 0. The van der Waals surface area contributed by atoms with Crippen LogP contribution in [0.4, 0.5) is 5.69 Å². The lowest BCUT2D eigenvalue weighted by molar-refractivity contribution is -0.531. The van der Waals surface area contributed by atoms with Crippen LogP contribution in [-0.2, 0) is 6.54 Å². The van der Waals surface area contributed by atoms with Crippen molar-refractivity contribution in [3.8, 4) is 0 Å². The van der Waals surface area contributed by atoms with Gasteiger partial charge in [0, 0.05) is 18.4 Å². The number of nitrogens with one attached hydrogen (secondary N) is 1. The van der Waals surface area contributed by atoms with Crippen LogP contribution in [0.3, 0.4) is 0 Å². The van der Waals surface area contributed by atoms with Crippen LogP contribution >= 0.6 is 0 Å². The van der Waals surface area contributed by atoms with Gasteiger partial charge in [-0.25, -0.2) is 4.58 Å². The van der Waals surface area contributed by atoms with Crippen LogP contribution in [-0.4, -0.2) is 17.3 Å². The van der Waals surface area contributed by atoms with E-state index in [4.69, 9.17) is 5.73 Å². The van der Waals surface area contributed by atoms with Gasteiger partial charge < -0.3 is 5.73 Å². The molecule has 1 N–H and O–H groups in total. The molecular formula is C11H14N2. The number of hydrogen-bond donors (Lipinski definition) is 0. The summed E-state index contributed by atoms with van der Waals surface area (Å²) in [6.07, 6.45) is 4.70. The molecular weight excluding hydrogens is 160 g/mol. The van der Waals surface area contributed by atoms with Crippen molar-refractivity contribution < 1.29 is 4.58 Å². The molecule has 0 atom stereocenters. The fraction of sp³-hybridized carbons (Fsp3) is 0.364. The Balaban J connectivity index is 2.13. The largest absolute Gasteiger partial charge is 0.698 e. The minimum Gasteiger partial charge on any atom is -0.698 e. The van der Waals surface area contributed by atoms with E-state index in [0.717, 1.165) is 18.7 Å². The van der Waals surface area contributed by atoms with Gasteiger partial charge in [-0.3, -0.25) is 0 Å². The van der Waals surface area contributed by atoms with Crippen LogP contribution in [0.15, 0.2) is 24.3 Å². The van der Waals surface area contributed by atoms with E-state index in [9.17, 15) is 0 Å². The molecule has 0 amide bonds. The predicted molar refractivity (Wildman–Crippen MR) is 54.6 cm³/mol. The van der Waals surface area contributed by atoms with Crippen molar-refractivity contribution in [1.82, 2.24) is 0 Å². The van der Waals surface area contributed by atoms with Gasteiger partial charge >= 0.3 is 0 Å². The molecule has 1 aromatic rings. The maximum atomic E-state index is 7.69. The minimum absolute atomic E-state index is 0.655. The van der Waals surface area contributed by atoms with Gasteiger partial charge in [0.15, 0.2) is 6.54 Å². The highest BCUT2D eigenvalue weighted by Crippen LogP contribution is 2.18. The van der Waals surface area contributed by atoms with Crippen LogP contribution < -0.4 is 0 Å². The Morgan fingerprint density at radius 2 is 2.15 bits per heavy atom. The van der Waals surface area contributed by atoms with Crippen molar-refractivity contribution in [2.75, 3.05) is 6.54 Å². The van der Waals surface area contributed by atoms with Crippen molar-refractivity contribution >= 4 is 11.9 Å². The van der Waals surface area contributed by atoms with Gasteiger partial charge in [0.1, 0.15) is 12.8 Å². The first-order valence-electron chi connectivity index (χ1n) is 4.73. The zero-order valence-electron chi connectivity index (χ0n) is 7.66. The predicted octanol–water partition coefficient (Wildman–Crippen LogP) is 2.75. The van der Waals surface area contributed by atoms with E-state index in [2.05, 4.69) is 10.8 Å². The molecule has 2 heteroatoms. The lowest BCUT2D eigenvalue weighted by Crippen LogP contribution is -2.07. The zero-order valence-corrected chi connectivity index (χ0v) is 7.66. The summed E-state index contributed by atoms with van der Waals surface area (Å²) in [5.74, 6) is 0. The Kier molecular flexibility index (Phi) is 2.30. The third kappa shape index (κ3) is 1.89. The first kappa shape index (κ1) is 8.30. The van der Waals surface area contributed by atoms with Crippen molar-refractivity contribution in [3.05, 3.63) is 35.6 Å². The Hall–Kier alpha value is -1.31. The van der Waals surface area contributed by atoms with Crippen molar-refractivity contribution in [2.24, 2.45) is 0 Å². The number of hydrogen-bond acceptors (Lipinski definition) is 0. The fourth-order valence-electron chi connectivity index (χ4n) is 1.68. The van der Waals surface area contributed by atoms with E-state index in [1.807, 2.05) is 24.3 Å². The maximum Gasteiger partial charge on any atom is 0.166 e. The number of benzene rings is 1. The Bertz CT molecular complexity index is 329. The smallest absolute Gasteiger partial charge is 0.166 e. The zero-order chi connectivity index (χ0) is 9.10. The highest BCUT2D eigenvalue weighted by atomic mass is 15.0. The second-order valence-corrected chi connectivity index (χ2v) is 3.45. The molecule has 1 aliphatic rings. The molecule has 0 saturated heterocycles. The quantitative estimate of drug-likeness (QED) is 0.616. The molecule has 0 bridgehead atoms. The normalized spacial score (nSPS) is 15.8. The summed E-state index contributed by atoms with van der Waals surface area (Å²) in [5.41, 5.74) is 9.48. The topological polar surface area (TPSA) is 26.8 Å². The molecule has 0 radical (unpaired) electrons. The van der Waals surface area contributed by atoms with Gasteiger partial charge in [-0.2, -0.15) is 0 Å². The standard InChI is InChI=1S/C11H14N2/c12-11-6-2-1-5-10(11)9-13-7-3-4-8-13/h1-2,5-7,12H,3-4,8-9H2. The summed E-state index contributed by atoms with van der Waals surface area (Å²) >= 11 is 0. The van der Waals surface area contributed by atoms with Crippen LogP contribution in [0.5, 0.6) is 0 Å². The summed E-state index contributed by atoms with van der Waals surface area (Å²) in [6, 6.07) is 7.81.